The van der Waals surface area contributed by atoms with Crippen molar-refractivity contribution in [2.24, 2.45) is 5.92 Å². The SMILES string of the molecule is O=C(NCCNC(=O)c1oc(Nc2ccccc2)nc1C(F)(F)F)c1ccc(OC2CCC(C(=O)O)CC2)cc1. The zero-order valence-electron chi connectivity index (χ0n) is 21.2. The summed E-state index contributed by atoms with van der Waals surface area (Å²) in [6.45, 7) is -0.218. The van der Waals surface area contributed by atoms with Crippen LogP contribution in [0.25, 0.3) is 0 Å². The van der Waals surface area contributed by atoms with E-state index in [4.69, 9.17) is 14.3 Å². The molecule has 10 nitrogen and oxygen atoms in total. The molecule has 0 aliphatic heterocycles. The molecule has 4 rings (SSSR count). The van der Waals surface area contributed by atoms with Crippen LogP contribution in [0.1, 0.15) is 52.3 Å². The number of oxazole rings is 1. The summed E-state index contributed by atoms with van der Waals surface area (Å²) in [4.78, 5) is 39.3. The quantitative estimate of drug-likeness (QED) is 0.263. The largest absolute Gasteiger partial charge is 0.490 e. The lowest BCUT2D eigenvalue weighted by Gasteiger charge is -2.26. The number of benzene rings is 2. The number of para-hydroxylation sites is 1. The van der Waals surface area contributed by atoms with Crippen molar-refractivity contribution < 1.29 is 41.8 Å². The lowest BCUT2D eigenvalue weighted by atomic mass is 9.87. The van der Waals surface area contributed by atoms with Crippen LogP contribution in [0.15, 0.2) is 59.0 Å². The number of carboxylic acid groups (broad SMARTS) is 1. The number of carboxylic acids is 1. The zero-order chi connectivity index (χ0) is 28.7. The summed E-state index contributed by atoms with van der Waals surface area (Å²) in [5.41, 5.74) is -0.723. The Balaban J connectivity index is 1.25. The fraction of sp³-hybridized carbons (Fsp3) is 0.333. The van der Waals surface area contributed by atoms with Gasteiger partial charge >= 0.3 is 12.1 Å². The molecule has 2 amide bonds. The average Bonchev–Trinajstić information content (AvgIpc) is 3.37. The Morgan fingerprint density at radius 3 is 2.15 bits per heavy atom. The summed E-state index contributed by atoms with van der Waals surface area (Å²) in [5, 5.41) is 16.5. The van der Waals surface area contributed by atoms with Gasteiger partial charge in [-0.15, -0.1) is 0 Å². The molecule has 0 bridgehead atoms. The van der Waals surface area contributed by atoms with E-state index in [9.17, 15) is 27.6 Å². The Hall–Kier alpha value is -4.55. The van der Waals surface area contributed by atoms with Gasteiger partial charge in [0.2, 0.25) is 5.76 Å². The Morgan fingerprint density at radius 1 is 0.925 bits per heavy atom. The van der Waals surface area contributed by atoms with Gasteiger partial charge in [0.1, 0.15) is 5.75 Å². The molecule has 0 saturated heterocycles. The fourth-order valence-corrected chi connectivity index (χ4v) is 4.20. The Labute approximate surface area is 226 Å². The number of amides is 2. The molecule has 0 unspecified atom stereocenters. The summed E-state index contributed by atoms with van der Waals surface area (Å²) >= 11 is 0. The van der Waals surface area contributed by atoms with E-state index in [2.05, 4.69) is 20.9 Å². The Bertz CT molecular complexity index is 1320. The number of aliphatic carboxylic acids is 1. The van der Waals surface area contributed by atoms with Crippen molar-refractivity contribution >= 4 is 29.5 Å². The van der Waals surface area contributed by atoms with Gasteiger partial charge in [0.05, 0.1) is 12.0 Å². The van der Waals surface area contributed by atoms with E-state index in [1.165, 1.54) is 0 Å². The van der Waals surface area contributed by atoms with Crippen molar-refractivity contribution in [2.45, 2.75) is 38.0 Å². The molecule has 0 spiro atoms. The molecule has 40 heavy (non-hydrogen) atoms. The topological polar surface area (TPSA) is 143 Å². The van der Waals surface area contributed by atoms with Gasteiger partial charge in [0.25, 0.3) is 17.8 Å². The van der Waals surface area contributed by atoms with Crippen molar-refractivity contribution in [1.29, 1.82) is 0 Å². The monoisotopic (exact) mass is 560 g/mol. The number of rotatable bonds is 10. The normalized spacial score (nSPS) is 17.1. The summed E-state index contributed by atoms with van der Waals surface area (Å²) in [6.07, 6.45) is -2.64. The molecule has 212 valence electrons. The van der Waals surface area contributed by atoms with Gasteiger partial charge in [0, 0.05) is 24.3 Å². The third-order valence-corrected chi connectivity index (χ3v) is 6.27. The molecular formula is C27H27F3N4O6. The number of aromatic nitrogens is 1. The van der Waals surface area contributed by atoms with Crippen LogP contribution in [-0.4, -0.2) is 47.1 Å². The third-order valence-electron chi connectivity index (χ3n) is 6.27. The van der Waals surface area contributed by atoms with E-state index < -0.39 is 41.4 Å². The summed E-state index contributed by atoms with van der Waals surface area (Å²) in [7, 11) is 0. The van der Waals surface area contributed by atoms with Gasteiger partial charge in [-0.05, 0) is 62.1 Å². The number of nitrogens with zero attached hydrogens (tertiary/aromatic N) is 1. The highest BCUT2D eigenvalue weighted by Crippen LogP contribution is 2.34. The highest BCUT2D eigenvalue weighted by atomic mass is 19.4. The molecule has 1 heterocycles. The standard InChI is InChI=1S/C27H27F3N4O6/c28-27(29,30)22-21(40-26(34-22)33-18-4-2-1-3-5-18)24(36)32-15-14-31-23(35)16-6-10-19(11-7-16)39-20-12-8-17(9-13-20)25(37)38/h1-7,10-11,17,20H,8-9,12-15H2,(H,31,35)(H,32,36)(H,33,34)(H,37,38). The first kappa shape index (κ1) is 28.5. The molecule has 3 aromatic rings. The van der Waals surface area contributed by atoms with E-state index >= 15 is 0 Å². The lowest BCUT2D eigenvalue weighted by Crippen LogP contribution is -2.35. The number of halogens is 3. The maximum atomic E-state index is 13.4. The smallest absolute Gasteiger partial charge is 0.437 e. The first-order valence-electron chi connectivity index (χ1n) is 12.6. The number of anilines is 2. The second-order valence-corrected chi connectivity index (χ2v) is 9.15. The minimum absolute atomic E-state index is 0.0553. The highest BCUT2D eigenvalue weighted by molar-refractivity contribution is 5.94. The van der Waals surface area contributed by atoms with Gasteiger partial charge in [-0.25, -0.2) is 0 Å². The van der Waals surface area contributed by atoms with Crippen LogP contribution >= 0.6 is 0 Å². The molecule has 1 aromatic heterocycles. The van der Waals surface area contributed by atoms with Crippen LogP contribution in [0, 0.1) is 5.92 Å². The van der Waals surface area contributed by atoms with Crippen LogP contribution in [-0.2, 0) is 11.0 Å². The first-order valence-corrected chi connectivity index (χ1v) is 12.6. The Kier molecular flexibility index (Phi) is 8.92. The molecule has 1 fully saturated rings. The number of nitrogens with one attached hydrogen (secondary N) is 3. The molecule has 2 aromatic carbocycles. The zero-order valence-corrected chi connectivity index (χ0v) is 21.2. The van der Waals surface area contributed by atoms with Crippen LogP contribution in [0.5, 0.6) is 5.75 Å². The highest BCUT2D eigenvalue weighted by Gasteiger charge is 2.41. The number of carbonyl (C=O) groups is 3. The molecule has 13 heteroatoms. The molecular weight excluding hydrogens is 533 g/mol. The van der Waals surface area contributed by atoms with Crippen LogP contribution in [0.2, 0.25) is 0 Å². The number of ether oxygens (including phenoxy) is 1. The Morgan fingerprint density at radius 2 is 1.55 bits per heavy atom. The maximum absolute atomic E-state index is 13.4. The molecule has 4 N–H and O–H groups in total. The second-order valence-electron chi connectivity index (χ2n) is 9.15. The molecule has 1 aliphatic rings. The van der Waals surface area contributed by atoms with Crippen LogP contribution in [0.3, 0.4) is 0 Å². The van der Waals surface area contributed by atoms with Crippen molar-refractivity contribution in [3.05, 3.63) is 71.6 Å². The van der Waals surface area contributed by atoms with E-state index in [-0.39, 0.29) is 25.1 Å². The van der Waals surface area contributed by atoms with Crippen molar-refractivity contribution in [1.82, 2.24) is 15.6 Å². The molecule has 0 radical (unpaired) electrons. The molecule has 1 aliphatic carbocycles. The van der Waals surface area contributed by atoms with Gasteiger partial charge in [-0.1, -0.05) is 18.2 Å². The maximum Gasteiger partial charge on any atom is 0.437 e. The van der Waals surface area contributed by atoms with E-state index in [1.807, 2.05) is 0 Å². The van der Waals surface area contributed by atoms with Crippen molar-refractivity contribution in [2.75, 3.05) is 18.4 Å². The summed E-state index contributed by atoms with van der Waals surface area (Å²) in [6, 6.07) is 14.1. The van der Waals surface area contributed by atoms with Crippen LogP contribution < -0.4 is 20.7 Å². The molecule has 0 atom stereocenters. The second kappa shape index (κ2) is 12.5. The van der Waals surface area contributed by atoms with Crippen LogP contribution in [0.4, 0.5) is 24.9 Å². The average molecular weight is 561 g/mol. The van der Waals surface area contributed by atoms with Gasteiger partial charge < -0.3 is 30.2 Å². The minimum Gasteiger partial charge on any atom is -0.490 e. The number of hydrogen-bond acceptors (Lipinski definition) is 7. The lowest BCUT2D eigenvalue weighted by molar-refractivity contribution is -0.143. The van der Waals surface area contributed by atoms with Gasteiger partial charge in [-0.2, -0.15) is 18.2 Å². The fourth-order valence-electron chi connectivity index (χ4n) is 4.20. The predicted octanol–water partition coefficient (Wildman–Crippen LogP) is 4.62. The minimum atomic E-state index is -4.92. The first-order chi connectivity index (χ1) is 19.1. The molecule has 1 saturated carbocycles. The van der Waals surface area contributed by atoms with Gasteiger partial charge in [0.15, 0.2) is 5.69 Å². The van der Waals surface area contributed by atoms with E-state index in [1.54, 1.807) is 54.6 Å². The number of hydrogen-bond donors (Lipinski definition) is 4. The number of alkyl halides is 3. The third kappa shape index (κ3) is 7.52. The predicted molar refractivity (Wildman–Crippen MR) is 136 cm³/mol. The van der Waals surface area contributed by atoms with Crippen molar-refractivity contribution in [3.8, 4) is 5.75 Å². The van der Waals surface area contributed by atoms with E-state index in [0.717, 1.165) is 0 Å². The number of carbonyl (C=O) groups excluding carboxylic acids is 2. The van der Waals surface area contributed by atoms with Gasteiger partial charge in [-0.3, -0.25) is 14.4 Å². The summed E-state index contributed by atoms with van der Waals surface area (Å²) < 4.78 is 51.2. The van der Waals surface area contributed by atoms with E-state index in [0.29, 0.717) is 42.7 Å². The summed E-state index contributed by atoms with van der Waals surface area (Å²) in [5.74, 6) is -3.16. The van der Waals surface area contributed by atoms with Crippen molar-refractivity contribution in [3.63, 3.8) is 0 Å².